The second-order valence-corrected chi connectivity index (χ2v) is 5.18. The van der Waals surface area contributed by atoms with E-state index < -0.39 is 23.3 Å². The van der Waals surface area contributed by atoms with Crippen molar-refractivity contribution in [3.05, 3.63) is 35.9 Å². The van der Waals surface area contributed by atoms with Gasteiger partial charge in [0.15, 0.2) is 0 Å². The molecule has 0 aliphatic heterocycles. The van der Waals surface area contributed by atoms with Crippen molar-refractivity contribution < 1.29 is 28.6 Å². The molecule has 120 valence electrons. The van der Waals surface area contributed by atoms with E-state index in [9.17, 15) is 14.4 Å². The largest absolute Gasteiger partial charge is 0.465 e. The fraction of sp³-hybridized carbons (Fsp3) is 0.438. The minimum absolute atomic E-state index is 0.0927. The predicted octanol–water partition coefficient (Wildman–Crippen LogP) is 1.86. The van der Waals surface area contributed by atoms with Gasteiger partial charge >= 0.3 is 17.9 Å². The van der Waals surface area contributed by atoms with Crippen LogP contribution in [0.5, 0.6) is 0 Å². The maximum absolute atomic E-state index is 12.3. The third-order valence-electron chi connectivity index (χ3n) is 2.89. The molecule has 0 heterocycles. The number of hydrogen-bond acceptors (Lipinski definition) is 6. The van der Waals surface area contributed by atoms with Gasteiger partial charge in [-0.15, -0.1) is 0 Å². The Balaban J connectivity index is 2.68. The van der Waals surface area contributed by atoms with Gasteiger partial charge in [-0.3, -0.25) is 14.4 Å². The van der Waals surface area contributed by atoms with E-state index in [2.05, 4.69) is 0 Å². The number of rotatable bonds is 7. The van der Waals surface area contributed by atoms with Crippen molar-refractivity contribution in [3.8, 4) is 0 Å². The molecule has 0 aliphatic carbocycles. The van der Waals surface area contributed by atoms with Crippen LogP contribution in [0.3, 0.4) is 0 Å². The Morgan fingerprint density at radius 2 is 1.41 bits per heavy atom. The SMILES string of the molecule is CC(=O)OCC(C)(COC(C)=O)C(=O)OCc1ccccc1. The van der Waals surface area contributed by atoms with Crippen LogP contribution in [-0.4, -0.2) is 31.1 Å². The Morgan fingerprint density at radius 3 is 1.86 bits per heavy atom. The van der Waals surface area contributed by atoms with E-state index in [0.29, 0.717) is 0 Å². The van der Waals surface area contributed by atoms with Crippen LogP contribution in [0.2, 0.25) is 0 Å². The van der Waals surface area contributed by atoms with Crippen molar-refractivity contribution in [2.24, 2.45) is 5.41 Å². The average Bonchev–Trinajstić information content (AvgIpc) is 2.49. The van der Waals surface area contributed by atoms with Gasteiger partial charge in [0, 0.05) is 13.8 Å². The Morgan fingerprint density at radius 1 is 0.909 bits per heavy atom. The first kappa shape index (κ1) is 17.7. The molecule has 0 bridgehead atoms. The Bertz CT molecular complexity index is 505. The Hall–Kier alpha value is -2.37. The fourth-order valence-electron chi connectivity index (χ4n) is 1.58. The molecule has 0 N–H and O–H groups in total. The van der Waals surface area contributed by atoms with E-state index in [4.69, 9.17) is 14.2 Å². The minimum Gasteiger partial charge on any atom is -0.465 e. The third-order valence-corrected chi connectivity index (χ3v) is 2.89. The molecule has 0 aliphatic rings. The molecule has 0 atom stereocenters. The summed E-state index contributed by atoms with van der Waals surface area (Å²) in [6.07, 6.45) is 0. The zero-order valence-corrected chi connectivity index (χ0v) is 13.0. The zero-order valence-electron chi connectivity index (χ0n) is 13.0. The number of carbonyl (C=O) groups is 3. The predicted molar refractivity (Wildman–Crippen MR) is 77.6 cm³/mol. The first-order valence-electron chi connectivity index (χ1n) is 6.81. The number of ether oxygens (including phenoxy) is 3. The molecule has 1 aromatic carbocycles. The van der Waals surface area contributed by atoms with Crippen LogP contribution in [-0.2, 0) is 35.2 Å². The molecule has 0 radical (unpaired) electrons. The van der Waals surface area contributed by atoms with E-state index in [1.807, 2.05) is 30.3 Å². The molecule has 22 heavy (non-hydrogen) atoms. The number of esters is 3. The van der Waals surface area contributed by atoms with E-state index in [0.717, 1.165) is 5.56 Å². The van der Waals surface area contributed by atoms with E-state index in [1.165, 1.54) is 20.8 Å². The van der Waals surface area contributed by atoms with Crippen molar-refractivity contribution in [2.75, 3.05) is 13.2 Å². The maximum atomic E-state index is 12.3. The molecule has 1 aromatic rings. The van der Waals surface area contributed by atoms with Crippen LogP contribution < -0.4 is 0 Å². The van der Waals surface area contributed by atoms with E-state index >= 15 is 0 Å². The van der Waals surface area contributed by atoms with Gasteiger partial charge in [0.25, 0.3) is 0 Å². The first-order valence-corrected chi connectivity index (χ1v) is 6.81. The van der Waals surface area contributed by atoms with Crippen LogP contribution >= 0.6 is 0 Å². The molecule has 0 unspecified atom stereocenters. The normalized spacial score (nSPS) is 10.7. The van der Waals surface area contributed by atoms with Gasteiger partial charge < -0.3 is 14.2 Å². The highest BCUT2D eigenvalue weighted by Gasteiger charge is 2.38. The summed E-state index contributed by atoms with van der Waals surface area (Å²) in [4.78, 5) is 34.2. The summed E-state index contributed by atoms with van der Waals surface area (Å²) in [7, 11) is 0. The highest BCUT2D eigenvalue weighted by molar-refractivity contribution is 5.78. The Kier molecular flexibility index (Phi) is 6.56. The lowest BCUT2D eigenvalue weighted by molar-refractivity contribution is -0.170. The highest BCUT2D eigenvalue weighted by atomic mass is 16.6. The Labute approximate surface area is 129 Å². The summed E-state index contributed by atoms with van der Waals surface area (Å²) in [5, 5.41) is 0. The third kappa shape index (κ3) is 5.95. The first-order chi connectivity index (χ1) is 10.3. The highest BCUT2D eigenvalue weighted by Crippen LogP contribution is 2.21. The van der Waals surface area contributed by atoms with Crippen LogP contribution in [0.4, 0.5) is 0 Å². The van der Waals surface area contributed by atoms with E-state index in [-0.39, 0.29) is 19.8 Å². The molecule has 0 amide bonds. The summed E-state index contributed by atoms with van der Waals surface area (Å²) in [6, 6.07) is 9.17. The molecule has 0 saturated heterocycles. The van der Waals surface area contributed by atoms with Crippen molar-refractivity contribution >= 4 is 17.9 Å². The van der Waals surface area contributed by atoms with Gasteiger partial charge in [0.05, 0.1) is 0 Å². The van der Waals surface area contributed by atoms with Crippen LogP contribution in [0, 0.1) is 5.41 Å². The zero-order chi connectivity index (χ0) is 16.6. The smallest absolute Gasteiger partial charge is 0.319 e. The van der Waals surface area contributed by atoms with Gasteiger partial charge in [-0.25, -0.2) is 0 Å². The molecule has 6 nitrogen and oxygen atoms in total. The lowest BCUT2D eigenvalue weighted by atomic mass is 9.93. The standard InChI is InChI=1S/C16H20O6/c1-12(17)21-10-16(3,11-22-13(2)18)15(19)20-9-14-7-5-4-6-8-14/h4-8H,9-11H2,1-3H3. The summed E-state index contributed by atoms with van der Waals surface area (Å²) < 4.78 is 15.0. The number of hydrogen-bond donors (Lipinski definition) is 0. The van der Waals surface area contributed by atoms with Crippen LogP contribution in [0.15, 0.2) is 30.3 Å². The van der Waals surface area contributed by atoms with Crippen molar-refractivity contribution in [1.29, 1.82) is 0 Å². The van der Waals surface area contributed by atoms with Gasteiger partial charge in [0.2, 0.25) is 0 Å². The summed E-state index contributed by atoms with van der Waals surface area (Å²) in [6.45, 7) is 3.65. The second kappa shape index (κ2) is 8.17. The molecule has 1 rings (SSSR count). The van der Waals surface area contributed by atoms with Gasteiger partial charge in [0.1, 0.15) is 25.2 Å². The lowest BCUT2D eigenvalue weighted by Gasteiger charge is -2.26. The minimum atomic E-state index is -1.24. The van der Waals surface area contributed by atoms with Crippen molar-refractivity contribution in [1.82, 2.24) is 0 Å². The fourth-order valence-corrected chi connectivity index (χ4v) is 1.58. The van der Waals surface area contributed by atoms with Crippen molar-refractivity contribution in [2.45, 2.75) is 27.4 Å². The van der Waals surface area contributed by atoms with Crippen LogP contribution in [0.25, 0.3) is 0 Å². The van der Waals surface area contributed by atoms with Crippen LogP contribution in [0.1, 0.15) is 26.3 Å². The topological polar surface area (TPSA) is 78.9 Å². The van der Waals surface area contributed by atoms with Gasteiger partial charge in [-0.2, -0.15) is 0 Å². The van der Waals surface area contributed by atoms with Gasteiger partial charge in [-0.1, -0.05) is 30.3 Å². The number of benzene rings is 1. The average molecular weight is 308 g/mol. The molecule has 0 aromatic heterocycles. The lowest BCUT2D eigenvalue weighted by Crippen LogP contribution is -2.40. The van der Waals surface area contributed by atoms with Gasteiger partial charge in [-0.05, 0) is 12.5 Å². The van der Waals surface area contributed by atoms with E-state index in [1.54, 1.807) is 0 Å². The summed E-state index contributed by atoms with van der Waals surface area (Å²) in [5.41, 5.74) is -0.412. The summed E-state index contributed by atoms with van der Waals surface area (Å²) in [5.74, 6) is -1.64. The molecule has 6 heteroatoms. The van der Waals surface area contributed by atoms with Crippen molar-refractivity contribution in [3.63, 3.8) is 0 Å². The molecular formula is C16H20O6. The summed E-state index contributed by atoms with van der Waals surface area (Å²) >= 11 is 0. The molecule has 0 spiro atoms. The molecular weight excluding hydrogens is 288 g/mol. The number of carbonyl (C=O) groups excluding carboxylic acids is 3. The quantitative estimate of drug-likeness (QED) is 0.565. The molecule has 0 fully saturated rings. The molecule has 0 saturated carbocycles. The monoisotopic (exact) mass is 308 g/mol. The second-order valence-electron chi connectivity index (χ2n) is 5.18. The maximum Gasteiger partial charge on any atom is 0.319 e.